The molecule has 0 radical (unpaired) electrons. The topological polar surface area (TPSA) is 69.9 Å². The van der Waals surface area contributed by atoms with Crippen molar-refractivity contribution < 1.29 is 4.79 Å². The molecule has 1 unspecified atom stereocenters. The molecule has 1 fully saturated rings. The zero-order valence-electron chi connectivity index (χ0n) is 13.9. The number of aromatic nitrogens is 2. The van der Waals surface area contributed by atoms with Gasteiger partial charge in [0.25, 0.3) is 0 Å². The summed E-state index contributed by atoms with van der Waals surface area (Å²) < 4.78 is 0. The molecule has 1 aliphatic heterocycles. The standard InChI is InChI=1S/C18H22N4O/c1-4-18-10-13(11-19)15(23)17(2,3)14(18)6-9-22(12-18)16-20-7-5-8-21-16/h5,7-8,10,14H,4,6,9,12H2,1-3H3/t14?,18-/m1/s1. The van der Waals surface area contributed by atoms with Crippen LogP contribution in [0.2, 0.25) is 0 Å². The summed E-state index contributed by atoms with van der Waals surface area (Å²) in [5.74, 6) is 0.948. The molecule has 23 heavy (non-hydrogen) atoms. The van der Waals surface area contributed by atoms with E-state index in [4.69, 9.17) is 0 Å². The molecular weight excluding hydrogens is 288 g/mol. The predicted molar refractivity (Wildman–Crippen MR) is 87.6 cm³/mol. The van der Waals surface area contributed by atoms with Crippen molar-refractivity contribution in [2.24, 2.45) is 16.7 Å². The van der Waals surface area contributed by atoms with Crippen LogP contribution in [0, 0.1) is 28.1 Å². The van der Waals surface area contributed by atoms with E-state index in [0.29, 0.717) is 5.57 Å². The Kier molecular flexibility index (Phi) is 3.71. The van der Waals surface area contributed by atoms with E-state index in [9.17, 15) is 10.1 Å². The molecule has 1 saturated heterocycles. The van der Waals surface area contributed by atoms with E-state index >= 15 is 0 Å². The van der Waals surface area contributed by atoms with Crippen LogP contribution >= 0.6 is 0 Å². The van der Waals surface area contributed by atoms with Gasteiger partial charge in [-0.15, -0.1) is 0 Å². The molecule has 0 saturated carbocycles. The average molecular weight is 310 g/mol. The average Bonchev–Trinajstić information content (AvgIpc) is 2.58. The van der Waals surface area contributed by atoms with Crippen LogP contribution in [0.3, 0.4) is 0 Å². The van der Waals surface area contributed by atoms with Crippen molar-refractivity contribution in [1.29, 1.82) is 5.26 Å². The molecule has 0 amide bonds. The van der Waals surface area contributed by atoms with Crippen LogP contribution in [0.25, 0.3) is 0 Å². The van der Waals surface area contributed by atoms with Gasteiger partial charge in [0.2, 0.25) is 5.95 Å². The van der Waals surface area contributed by atoms with Crippen LogP contribution in [-0.2, 0) is 4.79 Å². The van der Waals surface area contributed by atoms with Gasteiger partial charge < -0.3 is 4.90 Å². The maximum atomic E-state index is 12.6. The molecule has 120 valence electrons. The monoisotopic (exact) mass is 310 g/mol. The van der Waals surface area contributed by atoms with Crippen LogP contribution in [0.5, 0.6) is 0 Å². The number of nitriles is 1. The van der Waals surface area contributed by atoms with Crippen LogP contribution in [0.4, 0.5) is 5.95 Å². The van der Waals surface area contributed by atoms with E-state index in [2.05, 4.69) is 27.9 Å². The third kappa shape index (κ3) is 2.33. The highest BCUT2D eigenvalue weighted by atomic mass is 16.1. The van der Waals surface area contributed by atoms with Gasteiger partial charge in [-0.3, -0.25) is 4.79 Å². The fourth-order valence-corrected chi connectivity index (χ4v) is 4.37. The number of Topliss-reactive ketones (excluding diaryl/α,β-unsaturated/α-hetero) is 1. The molecule has 3 rings (SSSR count). The molecule has 0 bridgehead atoms. The lowest BCUT2D eigenvalue weighted by atomic mass is 9.53. The van der Waals surface area contributed by atoms with Gasteiger partial charge in [0.05, 0.1) is 5.57 Å². The van der Waals surface area contributed by atoms with E-state index in [1.165, 1.54) is 0 Å². The van der Waals surface area contributed by atoms with Crippen molar-refractivity contribution in [3.05, 3.63) is 30.1 Å². The van der Waals surface area contributed by atoms with Gasteiger partial charge in [-0.1, -0.05) is 26.8 Å². The molecule has 5 heteroatoms. The lowest BCUT2D eigenvalue weighted by Crippen LogP contribution is -2.57. The molecule has 0 aromatic carbocycles. The van der Waals surface area contributed by atoms with Gasteiger partial charge in [0, 0.05) is 36.3 Å². The minimum atomic E-state index is -0.501. The second-order valence-corrected chi connectivity index (χ2v) is 7.12. The lowest BCUT2D eigenvalue weighted by Gasteiger charge is -2.54. The molecule has 1 aromatic heterocycles. The maximum Gasteiger partial charge on any atom is 0.225 e. The highest BCUT2D eigenvalue weighted by molar-refractivity contribution is 6.04. The molecule has 1 aliphatic carbocycles. The van der Waals surface area contributed by atoms with Gasteiger partial charge in [-0.05, 0) is 24.8 Å². The normalized spacial score (nSPS) is 29.5. The zero-order valence-corrected chi connectivity index (χ0v) is 13.9. The first-order chi connectivity index (χ1) is 10.9. The molecule has 2 atom stereocenters. The van der Waals surface area contributed by atoms with Crippen molar-refractivity contribution in [3.8, 4) is 6.07 Å². The Morgan fingerprint density at radius 3 is 2.70 bits per heavy atom. The van der Waals surface area contributed by atoms with E-state index in [1.807, 2.05) is 26.0 Å². The van der Waals surface area contributed by atoms with E-state index in [-0.39, 0.29) is 17.1 Å². The summed E-state index contributed by atoms with van der Waals surface area (Å²) in [5, 5.41) is 9.40. The fourth-order valence-electron chi connectivity index (χ4n) is 4.37. The molecule has 5 nitrogen and oxygen atoms in total. The van der Waals surface area contributed by atoms with Crippen molar-refractivity contribution in [2.75, 3.05) is 18.0 Å². The number of rotatable bonds is 2. The van der Waals surface area contributed by atoms with E-state index < -0.39 is 5.41 Å². The van der Waals surface area contributed by atoms with E-state index in [0.717, 1.165) is 31.9 Å². The molecule has 2 heterocycles. The zero-order chi connectivity index (χ0) is 16.7. The Balaban J connectivity index is 2.04. The molecule has 0 spiro atoms. The summed E-state index contributed by atoms with van der Waals surface area (Å²) >= 11 is 0. The first kappa shape index (κ1) is 15.7. The third-order valence-corrected chi connectivity index (χ3v) is 5.61. The Bertz CT molecular complexity index is 689. The number of carbonyl (C=O) groups is 1. The summed E-state index contributed by atoms with van der Waals surface area (Å²) in [4.78, 5) is 23.5. The SMILES string of the molecule is CC[C@]12C=C(C#N)C(=O)C(C)(C)C1CCN(c1ncccn1)C2. The number of ketones is 1. The Hall–Kier alpha value is -2.22. The van der Waals surface area contributed by atoms with Gasteiger partial charge in [-0.25, -0.2) is 9.97 Å². The second kappa shape index (κ2) is 5.45. The minimum Gasteiger partial charge on any atom is -0.340 e. The second-order valence-electron chi connectivity index (χ2n) is 7.12. The van der Waals surface area contributed by atoms with Crippen molar-refractivity contribution in [1.82, 2.24) is 9.97 Å². The summed E-state index contributed by atoms with van der Waals surface area (Å²) in [5.41, 5.74) is -0.372. The number of anilines is 1. The van der Waals surface area contributed by atoms with Crippen LogP contribution in [0.1, 0.15) is 33.6 Å². The first-order valence-corrected chi connectivity index (χ1v) is 8.14. The number of nitrogens with zero attached hydrogens (tertiary/aromatic N) is 4. The number of allylic oxidation sites excluding steroid dienone is 1. The number of piperidine rings is 1. The largest absolute Gasteiger partial charge is 0.340 e. The quantitative estimate of drug-likeness (QED) is 0.840. The highest BCUT2D eigenvalue weighted by Crippen LogP contribution is 2.53. The summed E-state index contributed by atoms with van der Waals surface area (Å²) in [7, 11) is 0. The highest BCUT2D eigenvalue weighted by Gasteiger charge is 2.54. The van der Waals surface area contributed by atoms with Gasteiger partial charge in [0.15, 0.2) is 5.78 Å². The summed E-state index contributed by atoms with van der Waals surface area (Å²) in [6, 6.07) is 3.93. The smallest absolute Gasteiger partial charge is 0.225 e. The third-order valence-electron chi connectivity index (χ3n) is 5.61. The van der Waals surface area contributed by atoms with Crippen LogP contribution in [-0.4, -0.2) is 28.8 Å². The van der Waals surface area contributed by atoms with Gasteiger partial charge in [0.1, 0.15) is 6.07 Å². The number of fused-ring (bicyclic) bond motifs is 1. The van der Waals surface area contributed by atoms with Gasteiger partial charge >= 0.3 is 0 Å². The molecule has 2 aliphatic rings. The number of carbonyl (C=O) groups excluding carboxylic acids is 1. The molecule has 1 aromatic rings. The van der Waals surface area contributed by atoms with Gasteiger partial charge in [-0.2, -0.15) is 5.26 Å². The minimum absolute atomic E-state index is 0.0153. The van der Waals surface area contributed by atoms with E-state index in [1.54, 1.807) is 12.4 Å². The van der Waals surface area contributed by atoms with Crippen molar-refractivity contribution >= 4 is 11.7 Å². The number of hydrogen-bond acceptors (Lipinski definition) is 5. The Morgan fingerprint density at radius 2 is 2.09 bits per heavy atom. The fraction of sp³-hybridized carbons (Fsp3) is 0.556. The number of hydrogen-bond donors (Lipinski definition) is 0. The van der Waals surface area contributed by atoms with Crippen LogP contribution < -0.4 is 4.90 Å². The molecule has 0 N–H and O–H groups in total. The Morgan fingerprint density at radius 1 is 1.39 bits per heavy atom. The summed E-state index contributed by atoms with van der Waals surface area (Å²) in [6.07, 6.45) is 7.22. The molecular formula is C18H22N4O. The Labute approximate surface area is 137 Å². The summed E-state index contributed by atoms with van der Waals surface area (Å²) in [6.45, 7) is 7.70. The lowest BCUT2D eigenvalue weighted by molar-refractivity contribution is -0.130. The van der Waals surface area contributed by atoms with Crippen molar-refractivity contribution in [2.45, 2.75) is 33.6 Å². The predicted octanol–water partition coefficient (Wildman–Crippen LogP) is 2.76. The maximum absolute atomic E-state index is 12.6. The first-order valence-electron chi connectivity index (χ1n) is 8.14. The van der Waals surface area contributed by atoms with Crippen LogP contribution in [0.15, 0.2) is 30.1 Å². The van der Waals surface area contributed by atoms with Crippen molar-refractivity contribution in [3.63, 3.8) is 0 Å².